The lowest BCUT2D eigenvalue weighted by Crippen LogP contribution is -1.90. The van der Waals surface area contributed by atoms with E-state index in [4.69, 9.17) is 20.0 Å². The lowest BCUT2D eigenvalue weighted by molar-refractivity contribution is 0.428. The maximum Gasteiger partial charge on any atom is 0.292 e. The van der Waals surface area contributed by atoms with E-state index in [0.717, 1.165) is 0 Å². The predicted octanol–water partition coefficient (Wildman–Crippen LogP) is 3.17. The topological polar surface area (TPSA) is 105 Å². The molecule has 0 fully saturated rings. The van der Waals surface area contributed by atoms with E-state index >= 15 is 0 Å². The Morgan fingerprint density at radius 3 is 2.18 bits per heavy atom. The van der Waals surface area contributed by atoms with Gasteiger partial charge in [-0.25, -0.2) is 4.79 Å². The Morgan fingerprint density at radius 2 is 1.55 bits per heavy atom. The van der Waals surface area contributed by atoms with Crippen LogP contribution < -0.4 is 14.2 Å². The molecule has 0 saturated heterocycles. The molecular weight excluding hydrogens is 286 g/mol. The SMILES string of the molecule is N#COc1ccc(Oc2ccc(N=C=O)cc2OC#N)cc1. The van der Waals surface area contributed by atoms with Gasteiger partial charge in [-0.05, 0) is 36.4 Å². The third-order valence-corrected chi connectivity index (χ3v) is 2.47. The first-order chi connectivity index (χ1) is 10.8. The normalized spacial score (nSPS) is 8.82. The summed E-state index contributed by atoms with van der Waals surface area (Å²) < 4.78 is 15.0. The van der Waals surface area contributed by atoms with Gasteiger partial charge < -0.3 is 14.2 Å². The van der Waals surface area contributed by atoms with Gasteiger partial charge in [-0.15, -0.1) is 10.5 Å². The van der Waals surface area contributed by atoms with Crippen molar-refractivity contribution in [3.63, 3.8) is 0 Å². The average Bonchev–Trinajstić information content (AvgIpc) is 2.52. The molecule has 0 aliphatic heterocycles. The standard InChI is InChI=1S/C15H7N3O4/c16-8-20-12-2-4-13(5-3-12)22-14-6-1-11(18-10-19)7-15(14)21-9-17/h1-7H. The van der Waals surface area contributed by atoms with Gasteiger partial charge in [0.1, 0.15) is 11.5 Å². The van der Waals surface area contributed by atoms with Gasteiger partial charge in [-0.3, -0.25) is 0 Å². The summed E-state index contributed by atoms with van der Waals surface area (Å²) in [6.07, 6.45) is 4.48. The van der Waals surface area contributed by atoms with Crippen molar-refractivity contribution in [3.05, 3.63) is 42.5 Å². The lowest BCUT2D eigenvalue weighted by Gasteiger charge is -2.09. The second-order valence-corrected chi connectivity index (χ2v) is 3.79. The molecule has 0 bridgehead atoms. The summed E-state index contributed by atoms with van der Waals surface area (Å²) >= 11 is 0. The second kappa shape index (κ2) is 7.11. The first kappa shape index (κ1) is 14.6. The number of nitriles is 2. The molecule has 106 valence electrons. The van der Waals surface area contributed by atoms with Gasteiger partial charge in [0.2, 0.25) is 6.08 Å². The van der Waals surface area contributed by atoms with Crippen molar-refractivity contribution in [2.75, 3.05) is 0 Å². The Balaban J connectivity index is 2.26. The van der Waals surface area contributed by atoms with Crippen molar-refractivity contribution in [1.82, 2.24) is 0 Å². The fourth-order valence-electron chi connectivity index (χ4n) is 1.59. The summed E-state index contributed by atoms with van der Waals surface area (Å²) in [6.45, 7) is 0. The molecule has 0 heterocycles. The Kier molecular flexibility index (Phi) is 4.72. The Hall–Kier alpha value is -3.80. The largest absolute Gasteiger partial charge is 0.453 e. The maximum atomic E-state index is 10.2. The van der Waals surface area contributed by atoms with Crippen LogP contribution in [0.4, 0.5) is 5.69 Å². The van der Waals surface area contributed by atoms with Crippen molar-refractivity contribution in [1.29, 1.82) is 10.5 Å². The van der Waals surface area contributed by atoms with Crippen molar-refractivity contribution in [2.24, 2.45) is 4.99 Å². The minimum atomic E-state index is 0.108. The number of hydrogen-bond acceptors (Lipinski definition) is 7. The monoisotopic (exact) mass is 293 g/mol. The number of carbonyl (C=O) groups excluding carboxylic acids is 1. The van der Waals surface area contributed by atoms with Crippen LogP contribution in [0.15, 0.2) is 47.5 Å². The zero-order chi connectivity index (χ0) is 15.8. The Bertz CT molecular complexity index is 797. The number of isocyanates is 1. The maximum absolute atomic E-state index is 10.2. The molecule has 0 amide bonds. The molecule has 0 radical (unpaired) electrons. The first-order valence-corrected chi connectivity index (χ1v) is 5.88. The molecule has 2 aromatic rings. The molecule has 2 aromatic carbocycles. The lowest BCUT2D eigenvalue weighted by atomic mass is 10.2. The van der Waals surface area contributed by atoms with Crippen LogP contribution in [0.1, 0.15) is 0 Å². The van der Waals surface area contributed by atoms with Crippen molar-refractivity contribution in [3.8, 4) is 35.5 Å². The third kappa shape index (κ3) is 3.61. The van der Waals surface area contributed by atoms with Gasteiger partial charge in [0.15, 0.2) is 11.5 Å². The summed E-state index contributed by atoms with van der Waals surface area (Å²) in [5.74, 6) is 1.19. The van der Waals surface area contributed by atoms with Gasteiger partial charge in [0.05, 0.1) is 5.69 Å². The highest BCUT2D eigenvalue weighted by Gasteiger charge is 2.09. The number of benzene rings is 2. The zero-order valence-corrected chi connectivity index (χ0v) is 11.0. The van der Waals surface area contributed by atoms with Crippen molar-refractivity contribution < 1.29 is 19.0 Å². The molecular formula is C15H7N3O4. The van der Waals surface area contributed by atoms with Crippen LogP contribution in [0, 0.1) is 23.0 Å². The van der Waals surface area contributed by atoms with Crippen LogP contribution >= 0.6 is 0 Å². The fraction of sp³-hybridized carbons (Fsp3) is 0. The molecule has 0 aliphatic rings. The summed E-state index contributed by atoms with van der Waals surface area (Å²) in [7, 11) is 0. The van der Waals surface area contributed by atoms with Gasteiger partial charge in [0, 0.05) is 6.07 Å². The van der Waals surface area contributed by atoms with E-state index in [9.17, 15) is 4.79 Å². The Morgan fingerprint density at radius 1 is 0.864 bits per heavy atom. The molecule has 7 heteroatoms. The molecule has 0 atom stereocenters. The zero-order valence-electron chi connectivity index (χ0n) is 11.0. The second-order valence-electron chi connectivity index (χ2n) is 3.79. The van der Waals surface area contributed by atoms with Crippen molar-refractivity contribution in [2.45, 2.75) is 0 Å². The smallest absolute Gasteiger partial charge is 0.292 e. The summed E-state index contributed by atoms with van der Waals surface area (Å²) in [4.78, 5) is 13.7. The van der Waals surface area contributed by atoms with E-state index < -0.39 is 0 Å². The van der Waals surface area contributed by atoms with E-state index in [1.165, 1.54) is 30.5 Å². The minimum absolute atomic E-state index is 0.108. The minimum Gasteiger partial charge on any atom is -0.453 e. The first-order valence-electron chi connectivity index (χ1n) is 5.88. The molecule has 2 rings (SSSR count). The van der Waals surface area contributed by atoms with Crippen LogP contribution in [0.5, 0.6) is 23.0 Å². The highest BCUT2D eigenvalue weighted by Crippen LogP contribution is 2.35. The Labute approximate surface area is 125 Å². The molecule has 0 N–H and O–H groups in total. The van der Waals surface area contributed by atoms with E-state index in [1.54, 1.807) is 30.5 Å². The molecule has 0 saturated carbocycles. The van der Waals surface area contributed by atoms with E-state index in [0.29, 0.717) is 11.5 Å². The molecule has 0 aromatic heterocycles. The fourth-order valence-corrected chi connectivity index (χ4v) is 1.59. The number of rotatable bonds is 5. The quantitative estimate of drug-likeness (QED) is 0.476. The summed E-state index contributed by atoms with van der Waals surface area (Å²) in [5.41, 5.74) is 0.283. The van der Waals surface area contributed by atoms with E-state index in [1.807, 2.05) is 0 Å². The summed E-state index contributed by atoms with van der Waals surface area (Å²) in [5, 5.41) is 17.0. The third-order valence-electron chi connectivity index (χ3n) is 2.47. The van der Waals surface area contributed by atoms with Crippen LogP contribution in [0.2, 0.25) is 0 Å². The van der Waals surface area contributed by atoms with E-state index in [-0.39, 0.29) is 17.2 Å². The van der Waals surface area contributed by atoms with Crippen molar-refractivity contribution >= 4 is 11.8 Å². The molecule has 22 heavy (non-hydrogen) atoms. The highest BCUT2D eigenvalue weighted by atomic mass is 16.5. The van der Waals surface area contributed by atoms with Gasteiger partial charge in [-0.1, -0.05) is 0 Å². The van der Waals surface area contributed by atoms with Crippen LogP contribution in [0.25, 0.3) is 0 Å². The van der Waals surface area contributed by atoms with Crippen LogP contribution in [0.3, 0.4) is 0 Å². The molecule has 0 spiro atoms. The average molecular weight is 293 g/mol. The molecule has 0 unspecified atom stereocenters. The van der Waals surface area contributed by atoms with E-state index in [2.05, 4.69) is 9.73 Å². The van der Waals surface area contributed by atoms with Gasteiger partial charge in [-0.2, -0.15) is 4.99 Å². The number of hydrogen-bond donors (Lipinski definition) is 0. The predicted molar refractivity (Wildman–Crippen MR) is 73.2 cm³/mol. The number of aliphatic imine (C=N–C) groups is 1. The molecule has 0 aliphatic carbocycles. The summed E-state index contributed by atoms with van der Waals surface area (Å²) in [6, 6.07) is 10.7. The van der Waals surface area contributed by atoms with Gasteiger partial charge in [0.25, 0.3) is 12.5 Å². The van der Waals surface area contributed by atoms with Gasteiger partial charge >= 0.3 is 0 Å². The van der Waals surface area contributed by atoms with Crippen LogP contribution in [-0.4, -0.2) is 6.08 Å². The molecule has 7 nitrogen and oxygen atoms in total. The number of nitrogens with zero attached hydrogens (tertiary/aromatic N) is 3. The van der Waals surface area contributed by atoms with Crippen LogP contribution in [-0.2, 0) is 4.79 Å². The highest BCUT2D eigenvalue weighted by molar-refractivity contribution is 5.57. The number of ether oxygens (including phenoxy) is 3.